The van der Waals surface area contributed by atoms with E-state index in [9.17, 15) is 14.7 Å². The van der Waals surface area contributed by atoms with Crippen LogP contribution in [0.1, 0.15) is 10.5 Å². The van der Waals surface area contributed by atoms with Crippen molar-refractivity contribution in [1.29, 1.82) is 0 Å². The van der Waals surface area contributed by atoms with Gasteiger partial charge in [0.15, 0.2) is 0 Å². The molecule has 3 aromatic rings. The third-order valence-electron chi connectivity index (χ3n) is 3.61. The molecule has 0 aliphatic rings. The minimum Gasteiger partial charge on any atom is -0.496 e. The molecule has 24 heavy (non-hydrogen) atoms. The van der Waals surface area contributed by atoms with E-state index < -0.39 is 17.1 Å². The maximum atomic E-state index is 12.5. The van der Waals surface area contributed by atoms with Crippen LogP contribution in [0.2, 0.25) is 0 Å². The number of para-hydroxylation sites is 2. The summed E-state index contributed by atoms with van der Waals surface area (Å²) in [6.45, 7) is 0. The lowest BCUT2D eigenvalue weighted by molar-refractivity contribution is 0.0687. The summed E-state index contributed by atoms with van der Waals surface area (Å²) in [5.41, 5.74) is -0.339. The molecule has 0 aliphatic carbocycles. The summed E-state index contributed by atoms with van der Waals surface area (Å²) >= 11 is 0. The van der Waals surface area contributed by atoms with Gasteiger partial charge in [0.05, 0.1) is 25.1 Å². The Kier molecular flexibility index (Phi) is 3.91. The molecule has 0 fully saturated rings. The van der Waals surface area contributed by atoms with Crippen LogP contribution in [0.3, 0.4) is 0 Å². The lowest BCUT2D eigenvalue weighted by atomic mass is 10.1. The van der Waals surface area contributed by atoms with E-state index in [0.29, 0.717) is 17.0 Å². The third-order valence-corrected chi connectivity index (χ3v) is 3.61. The molecule has 0 bridgehead atoms. The highest BCUT2D eigenvalue weighted by molar-refractivity contribution is 5.93. The number of hydrogen-bond donors (Lipinski definition) is 1. The van der Waals surface area contributed by atoms with Gasteiger partial charge in [-0.05, 0) is 24.3 Å². The maximum Gasteiger partial charge on any atom is 0.360 e. The number of carbonyl (C=O) groups is 1. The van der Waals surface area contributed by atoms with Gasteiger partial charge in [0, 0.05) is 0 Å². The Hall–Kier alpha value is -3.35. The Morgan fingerprint density at radius 3 is 2.38 bits per heavy atom. The topological polar surface area (TPSA) is 90.7 Å². The first-order valence-corrected chi connectivity index (χ1v) is 7.05. The molecule has 0 radical (unpaired) electrons. The monoisotopic (exact) mass is 326 g/mol. The van der Waals surface area contributed by atoms with Crippen LogP contribution in [0.25, 0.3) is 16.6 Å². The summed E-state index contributed by atoms with van der Waals surface area (Å²) in [6, 6.07) is 12.0. The van der Waals surface area contributed by atoms with E-state index in [1.165, 1.54) is 18.9 Å². The molecule has 1 aromatic heterocycles. The molecule has 7 nitrogen and oxygen atoms in total. The second-order valence-corrected chi connectivity index (χ2v) is 4.92. The fraction of sp³-hybridized carbons (Fsp3) is 0.118. The first kappa shape index (κ1) is 15.5. The normalized spacial score (nSPS) is 10.6. The van der Waals surface area contributed by atoms with E-state index in [2.05, 4.69) is 5.10 Å². The molecular formula is C17H14N2O5. The van der Waals surface area contributed by atoms with Crippen LogP contribution < -0.4 is 14.9 Å². The van der Waals surface area contributed by atoms with Crippen molar-refractivity contribution in [2.75, 3.05) is 14.2 Å². The van der Waals surface area contributed by atoms with E-state index in [0.717, 1.165) is 0 Å². The zero-order valence-electron chi connectivity index (χ0n) is 13.0. The number of rotatable bonds is 4. The van der Waals surface area contributed by atoms with Crippen LogP contribution in [0.5, 0.6) is 11.5 Å². The number of hydrogen-bond acceptors (Lipinski definition) is 5. The smallest absolute Gasteiger partial charge is 0.360 e. The fourth-order valence-electron chi connectivity index (χ4n) is 2.54. The van der Waals surface area contributed by atoms with Crippen LogP contribution in [0, 0.1) is 0 Å². The molecule has 0 atom stereocenters. The largest absolute Gasteiger partial charge is 0.496 e. The second kappa shape index (κ2) is 6.04. The van der Waals surface area contributed by atoms with Crippen molar-refractivity contribution >= 4 is 16.9 Å². The van der Waals surface area contributed by atoms with Crippen LogP contribution in [-0.2, 0) is 0 Å². The number of carboxylic acid groups (broad SMARTS) is 1. The average Bonchev–Trinajstić information content (AvgIpc) is 2.61. The molecule has 0 saturated heterocycles. The molecule has 0 amide bonds. The van der Waals surface area contributed by atoms with E-state index in [4.69, 9.17) is 9.47 Å². The highest BCUT2D eigenvalue weighted by Gasteiger charge is 2.21. The SMILES string of the molecule is COc1ccccc1-n1nc(C(=O)O)c(=O)c2c(OC)cccc21. The summed E-state index contributed by atoms with van der Waals surface area (Å²) in [5, 5.41) is 13.5. The first-order valence-electron chi connectivity index (χ1n) is 7.05. The molecule has 7 heteroatoms. The van der Waals surface area contributed by atoms with Gasteiger partial charge in [-0.1, -0.05) is 18.2 Å². The van der Waals surface area contributed by atoms with Gasteiger partial charge < -0.3 is 14.6 Å². The molecule has 2 aromatic carbocycles. The van der Waals surface area contributed by atoms with Crippen LogP contribution in [0.15, 0.2) is 47.3 Å². The van der Waals surface area contributed by atoms with Crippen LogP contribution in [-0.4, -0.2) is 35.1 Å². The Labute approximate surface area is 136 Å². The number of benzene rings is 2. The van der Waals surface area contributed by atoms with Gasteiger partial charge in [-0.25, -0.2) is 9.48 Å². The number of aromatic carboxylic acids is 1. The summed E-state index contributed by atoms with van der Waals surface area (Å²) in [5.74, 6) is -0.628. The highest BCUT2D eigenvalue weighted by Crippen LogP contribution is 2.28. The molecule has 1 heterocycles. The zero-order valence-corrected chi connectivity index (χ0v) is 13.0. The molecule has 122 valence electrons. The van der Waals surface area contributed by atoms with Crippen molar-refractivity contribution in [1.82, 2.24) is 9.78 Å². The summed E-state index contributed by atoms with van der Waals surface area (Å²) in [4.78, 5) is 24.0. The van der Waals surface area contributed by atoms with Crippen molar-refractivity contribution in [3.63, 3.8) is 0 Å². The van der Waals surface area contributed by atoms with E-state index >= 15 is 0 Å². The Morgan fingerprint density at radius 1 is 1.04 bits per heavy atom. The molecule has 1 N–H and O–H groups in total. The minimum atomic E-state index is -1.41. The van der Waals surface area contributed by atoms with Crippen molar-refractivity contribution in [2.45, 2.75) is 0 Å². The van der Waals surface area contributed by atoms with E-state index in [-0.39, 0.29) is 11.1 Å². The number of carboxylic acids is 1. The second-order valence-electron chi connectivity index (χ2n) is 4.92. The van der Waals surface area contributed by atoms with Crippen molar-refractivity contribution in [3.8, 4) is 17.2 Å². The summed E-state index contributed by atoms with van der Waals surface area (Å²) in [7, 11) is 2.92. The van der Waals surface area contributed by atoms with Crippen molar-refractivity contribution in [2.24, 2.45) is 0 Å². The van der Waals surface area contributed by atoms with Gasteiger partial charge in [0.2, 0.25) is 11.1 Å². The summed E-state index contributed by atoms with van der Waals surface area (Å²) < 4.78 is 11.9. The standard InChI is InChI=1S/C17H14N2O5/c1-23-12-8-4-3-6-10(12)19-11-7-5-9-13(24-2)14(11)16(20)15(18-19)17(21)22/h3-9H,1-2H3,(H,21,22). The Bertz CT molecular complexity index is 994. The van der Waals surface area contributed by atoms with Crippen molar-refractivity contribution < 1.29 is 19.4 Å². The minimum absolute atomic E-state index is 0.151. The predicted molar refractivity (Wildman–Crippen MR) is 87.4 cm³/mol. The quantitative estimate of drug-likeness (QED) is 0.789. The maximum absolute atomic E-state index is 12.5. The number of fused-ring (bicyclic) bond motifs is 1. The van der Waals surface area contributed by atoms with Gasteiger partial charge in [-0.2, -0.15) is 5.10 Å². The average molecular weight is 326 g/mol. The number of methoxy groups -OCH3 is 2. The van der Waals surface area contributed by atoms with Crippen molar-refractivity contribution in [3.05, 3.63) is 58.4 Å². The Morgan fingerprint density at radius 2 is 1.71 bits per heavy atom. The molecule has 0 aliphatic heterocycles. The number of nitrogens with zero attached hydrogens (tertiary/aromatic N) is 2. The van der Waals surface area contributed by atoms with Gasteiger partial charge >= 0.3 is 5.97 Å². The lowest BCUT2D eigenvalue weighted by Crippen LogP contribution is -2.23. The predicted octanol–water partition coefficient (Wildman–Crippen LogP) is 2.10. The van der Waals surface area contributed by atoms with Gasteiger partial charge in [-0.3, -0.25) is 4.79 Å². The molecule has 0 saturated carbocycles. The van der Waals surface area contributed by atoms with Gasteiger partial charge in [-0.15, -0.1) is 0 Å². The first-order chi connectivity index (χ1) is 11.6. The molecular weight excluding hydrogens is 312 g/mol. The van der Waals surface area contributed by atoms with E-state index in [1.54, 1.807) is 42.5 Å². The van der Waals surface area contributed by atoms with Crippen LogP contribution >= 0.6 is 0 Å². The third kappa shape index (κ3) is 2.36. The van der Waals surface area contributed by atoms with Gasteiger partial charge in [0.1, 0.15) is 17.2 Å². The summed E-state index contributed by atoms with van der Waals surface area (Å²) in [6.07, 6.45) is 0. The zero-order chi connectivity index (χ0) is 17.3. The highest BCUT2D eigenvalue weighted by atomic mass is 16.5. The molecule has 3 rings (SSSR count). The Balaban J connectivity index is 2.51. The lowest BCUT2D eigenvalue weighted by Gasteiger charge is -2.15. The number of aromatic nitrogens is 2. The molecule has 0 spiro atoms. The number of ether oxygens (including phenoxy) is 2. The fourth-order valence-corrected chi connectivity index (χ4v) is 2.54. The molecule has 0 unspecified atom stereocenters. The van der Waals surface area contributed by atoms with E-state index in [1.807, 2.05) is 0 Å². The van der Waals surface area contributed by atoms with Gasteiger partial charge in [0.25, 0.3) is 0 Å². The van der Waals surface area contributed by atoms with Crippen LogP contribution in [0.4, 0.5) is 0 Å².